The van der Waals surface area contributed by atoms with Crippen LogP contribution in [-0.4, -0.2) is 30.6 Å². The molecule has 2 aliphatic heterocycles. The molecule has 106 valence electrons. The summed E-state index contributed by atoms with van der Waals surface area (Å²) in [5.74, 6) is 0.0485. The SMILES string of the molecule is O=C1CC2(CCOCC2)CN1c1cccc([N+](=O)[O-])c1. The fourth-order valence-electron chi connectivity index (χ4n) is 3.04. The minimum absolute atomic E-state index is 0.0139. The molecule has 2 heterocycles. The first-order valence-corrected chi connectivity index (χ1v) is 6.72. The summed E-state index contributed by atoms with van der Waals surface area (Å²) in [6.45, 7) is 2.02. The molecule has 0 bridgehead atoms. The van der Waals surface area contributed by atoms with Gasteiger partial charge in [0.25, 0.3) is 5.69 Å². The van der Waals surface area contributed by atoms with Crippen LogP contribution in [0, 0.1) is 15.5 Å². The van der Waals surface area contributed by atoms with Crippen LogP contribution in [0.2, 0.25) is 0 Å². The third-order valence-electron chi connectivity index (χ3n) is 4.23. The number of nitro groups is 1. The molecular formula is C14H16N2O4. The maximum Gasteiger partial charge on any atom is 0.271 e. The van der Waals surface area contributed by atoms with Gasteiger partial charge >= 0.3 is 0 Å². The van der Waals surface area contributed by atoms with Crippen LogP contribution in [0.1, 0.15) is 19.3 Å². The number of amides is 1. The lowest BCUT2D eigenvalue weighted by Crippen LogP contribution is -2.33. The summed E-state index contributed by atoms with van der Waals surface area (Å²) >= 11 is 0. The van der Waals surface area contributed by atoms with E-state index in [1.54, 1.807) is 17.0 Å². The molecule has 0 aromatic heterocycles. The third-order valence-corrected chi connectivity index (χ3v) is 4.23. The molecule has 6 nitrogen and oxygen atoms in total. The molecule has 20 heavy (non-hydrogen) atoms. The summed E-state index contributed by atoms with van der Waals surface area (Å²) < 4.78 is 5.36. The first-order valence-electron chi connectivity index (χ1n) is 6.72. The van der Waals surface area contributed by atoms with Crippen molar-refractivity contribution in [3.8, 4) is 0 Å². The molecule has 0 N–H and O–H groups in total. The molecule has 0 radical (unpaired) electrons. The Morgan fingerprint density at radius 1 is 1.30 bits per heavy atom. The van der Waals surface area contributed by atoms with Gasteiger partial charge < -0.3 is 9.64 Å². The normalized spacial score (nSPS) is 21.4. The number of nitrogens with zero attached hydrogens (tertiary/aromatic N) is 2. The van der Waals surface area contributed by atoms with Gasteiger partial charge in [-0.05, 0) is 18.9 Å². The van der Waals surface area contributed by atoms with Crippen LogP contribution in [0.5, 0.6) is 0 Å². The van der Waals surface area contributed by atoms with E-state index in [4.69, 9.17) is 4.74 Å². The van der Waals surface area contributed by atoms with Crippen molar-refractivity contribution in [3.63, 3.8) is 0 Å². The monoisotopic (exact) mass is 276 g/mol. The highest BCUT2D eigenvalue weighted by atomic mass is 16.6. The van der Waals surface area contributed by atoms with Crippen LogP contribution in [0.4, 0.5) is 11.4 Å². The third kappa shape index (κ3) is 2.27. The number of carbonyl (C=O) groups excluding carboxylic acids is 1. The van der Waals surface area contributed by atoms with Crippen molar-refractivity contribution in [2.45, 2.75) is 19.3 Å². The lowest BCUT2D eigenvalue weighted by atomic mass is 9.79. The zero-order chi connectivity index (χ0) is 14.2. The molecule has 0 atom stereocenters. The number of nitro benzene ring substituents is 1. The summed E-state index contributed by atoms with van der Waals surface area (Å²) in [5.41, 5.74) is 0.621. The van der Waals surface area contributed by atoms with Gasteiger partial charge in [0.1, 0.15) is 0 Å². The molecule has 2 fully saturated rings. The largest absolute Gasteiger partial charge is 0.381 e. The van der Waals surface area contributed by atoms with Gasteiger partial charge in [-0.1, -0.05) is 6.07 Å². The minimum atomic E-state index is -0.436. The van der Waals surface area contributed by atoms with Crippen molar-refractivity contribution in [2.24, 2.45) is 5.41 Å². The van der Waals surface area contributed by atoms with Crippen molar-refractivity contribution in [2.75, 3.05) is 24.7 Å². The van der Waals surface area contributed by atoms with Gasteiger partial charge in [-0.25, -0.2) is 0 Å². The molecule has 0 aliphatic carbocycles. The van der Waals surface area contributed by atoms with E-state index in [0.29, 0.717) is 31.9 Å². The quantitative estimate of drug-likeness (QED) is 0.612. The second kappa shape index (κ2) is 4.86. The van der Waals surface area contributed by atoms with Gasteiger partial charge in [0.2, 0.25) is 5.91 Å². The van der Waals surface area contributed by atoms with Gasteiger partial charge in [-0.15, -0.1) is 0 Å². The predicted octanol–water partition coefficient (Wildman–Crippen LogP) is 2.13. The van der Waals surface area contributed by atoms with Gasteiger partial charge in [0.05, 0.1) is 10.6 Å². The molecule has 0 unspecified atom stereocenters. The van der Waals surface area contributed by atoms with Crippen molar-refractivity contribution < 1.29 is 14.5 Å². The molecular weight excluding hydrogens is 260 g/mol. The van der Waals surface area contributed by atoms with Gasteiger partial charge in [-0.3, -0.25) is 14.9 Å². The van der Waals surface area contributed by atoms with Crippen molar-refractivity contribution in [1.82, 2.24) is 0 Å². The fraction of sp³-hybridized carbons (Fsp3) is 0.500. The van der Waals surface area contributed by atoms with Crippen LogP contribution < -0.4 is 4.90 Å². The fourth-order valence-corrected chi connectivity index (χ4v) is 3.04. The highest BCUT2D eigenvalue weighted by Crippen LogP contribution is 2.42. The Labute approximate surface area is 116 Å². The zero-order valence-corrected chi connectivity index (χ0v) is 11.1. The van der Waals surface area contributed by atoms with Crippen molar-refractivity contribution >= 4 is 17.3 Å². The average Bonchev–Trinajstić information content (AvgIpc) is 2.76. The molecule has 3 rings (SSSR count). The van der Waals surface area contributed by atoms with Crippen LogP contribution >= 0.6 is 0 Å². The molecule has 1 aromatic carbocycles. The number of ether oxygens (including phenoxy) is 1. The lowest BCUT2D eigenvalue weighted by Gasteiger charge is -2.32. The van der Waals surface area contributed by atoms with Crippen molar-refractivity contribution in [1.29, 1.82) is 0 Å². The van der Waals surface area contributed by atoms with E-state index in [9.17, 15) is 14.9 Å². The number of hydrogen-bond acceptors (Lipinski definition) is 4. The highest BCUT2D eigenvalue weighted by molar-refractivity contribution is 5.96. The average molecular weight is 276 g/mol. The molecule has 1 aromatic rings. The predicted molar refractivity (Wildman–Crippen MR) is 72.6 cm³/mol. The standard InChI is InChI=1S/C14H16N2O4/c17-13-9-14(4-6-20-7-5-14)10-15(13)11-2-1-3-12(8-11)16(18)19/h1-3,8H,4-7,9-10H2. The molecule has 2 saturated heterocycles. The zero-order valence-electron chi connectivity index (χ0n) is 11.1. The second-order valence-corrected chi connectivity index (χ2v) is 5.55. The van der Waals surface area contributed by atoms with Crippen LogP contribution in [0.3, 0.4) is 0 Å². The number of non-ortho nitro benzene ring substituents is 1. The van der Waals surface area contributed by atoms with E-state index in [1.165, 1.54) is 12.1 Å². The van der Waals surface area contributed by atoms with Crippen molar-refractivity contribution in [3.05, 3.63) is 34.4 Å². The van der Waals surface area contributed by atoms with Gasteiger partial charge in [-0.2, -0.15) is 0 Å². The topological polar surface area (TPSA) is 72.7 Å². The first kappa shape index (κ1) is 13.1. The number of carbonyl (C=O) groups is 1. The number of anilines is 1. The Hall–Kier alpha value is -1.95. The summed E-state index contributed by atoms with van der Waals surface area (Å²) in [7, 11) is 0. The van der Waals surface area contributed by atoms with Gasteiger partial charge in [0, 0.05) is 43.7 Å². The highest BCUT2D eigenvalue weighted by Gasteiger charge is 2.44. The Bertz CT molecular complexity index is 552. The van der Waals surface area contributed by atoms with Crippen LogP contribution in [0.15, 0.2) is 24.3 Å². The Kier molecular flexibility index (Phi) is 3.17. The summed E-state index contributed by atoms with van der Waals surface area (Å²) in [6, 6.07) is 6.28. The summed E-state index contributed by atoms with van der Waals surface area (Å²) in [4.78, 5) is 24.3. The smallest absolute Gasteiger partial charge is 0.271 e. The molecule has 6 heteroatoms. The molecule has 1 amide bonds. The maximum absolute atomic E-state index is 12.2. The van der Waals surface area contributed by atoms with E-state index < -0.39 is 4.92 Å². The Balaban J connectivity index is 1.85. The summed E-state index contributed by atoms with van der Waals surface area (Å²) in [6.07, 6.45) is 2.27. The van der Waals surface area contributed by atoms with E-state index in [-0.39, 0.29) is 17.0 Å². The number of rotatable bonds is 2. The Morgan fingerprint density at radius 3 is 2.75 bits per heavy atom. The Morgan fingerprint density at radius 2 is 2.05 bits per heavy atom. The van der Waals surface area contributed by atoms with E-state index >= 15 is 0 Å². The lowest BCUT2D eigenvalue weighted by molar-refractivity contribution is -0.384. The maximum atomic E-state index is 12.2. The number of hydrogen-bond donors (Lipinski definition) is 0. The molecule has 0 saturated carbocycles. The van der Waals surface area contributed by atoms with Gasteiger partial charge in [0.15, 0.2) is 0 Å². The van der Waals surface area contributed by atoms with Crippen LogP contribution in [0.25, 0.3) is 0 Å². The summed E-state index contributed by atoms with van der Waals surface area (Å²) in [5, 5.41) is 10.8. The molecule has 1 spiro atoms. The minimum Gasteiger partial charge on any atom is -0.381 e. The number of benzene rings is 1. The van der Waals surface area contributed by atoms with E-state index in [0.717, 1.165) is 12.8 Å². The molecule has 2 aliphatic rings. The van der Waals surface area contributed by atoms with Crippen LogP contribution in [-0.2, 0) is 9.53 Å². The van der Waals surface area contributed by atoms with E-state index in [2.05, 4.69) is 0 Å². The second-order valence-electron chi connectivity index (χ2n) is 5.55. The first-order chi connectivity index (χ1) is 9.60. The van der Waals surface area contributed by atoms with E-state index in [1.807, 2.05) is 0 Å².